The van der Waals surface area contributed by atoms with Gasteiger partial charge < -0.3 is 5.32 Å². The molecule has 1 aromatic carbocycles. The lowest BCUT2D eigenvalue weighted by molar-refractivity contribution is -0.404. The quantitative estimate of drug-likeness (QED) is 0.551. The molecule has 1 amide bonds. The molecule has 0 unspecified atom stereocenters. The van der Waals surface area contributed by atoms with Crippen LogP contribution in [0.3, 0.4) is 0 Å². The molecule has 0 radical (unpaired) electrons. The molecule has 2 aromatic heterocycles. The van der Waals surface area contributed by atoms with E-state index in [9.17, 15) is 9.59 Å². The Bertz CT molecular complexity index is 974. The van der Waals surface area contributed by atoms with Crippen LogP contribution in [-0.4, -0.2) is 16.2 Å². The summed E-state index contributed by atoms with van der Waals surface area (Å²) < 4.78 is 1.56. The fraction of sp³-hybridized carbons (Fsp3) is 0.278. The van der Waals surface area contributed by atoms with Crippen molar-refractivity contribution < 1.29 is 9.78 Å². The molecule has 2 N–H and O–H groups in total. The summed E-state index contributed by atoms with van der Waals surface area (Å²) in [6.45, 7) is 4.07. The average molecular weight is 375 g/mol. The number of thiophene rings is 1. The number of hydrogen-bond acceptors (Lipinski definition) is 4. The molecular formula is C18H20N3O2S2+. The molecule has 3 aromatic rings. The van der Waals surface area contributed by atoms with Gasteiger partial charge in [-0.05, 0) is 48.9 Å². The molecule has 0 saturated carbocycles. The summed E-state index contributed by atoms with van der Waals surface area (Å²) >= 11 is 2.87. The van der Waals surface area contributed by atoms with Crippen LogP contribution in [0.5, 0.6) is 0 Å². The van der Waals surface area contributed by atoms with Gasteiger partial charge in [0.2, 0.25) is 5.91 Å². The zero-order chi connectivity index (χ0) is 18.0. The molecule has 0 fully saturated rings. The summed E-state index contributed by atoms with van der Waals surface area (Å²) in [5, 5.41) is 4.25. The second-order valence-electron chi connectivity index (χ2n) is 5.78. The zero-order valence-corrected chi connectivity index (χ0v) is 16.0. The molecule has 0 saturated heterocycles. The highest BCUT2D eigenvalue weighted by atomic mass is 32.2. The maximum Gasteiger partial charge on any atom is 0.346 e. The number of rotatable bonds is 5. The van der Waals surface area contributed by atoms with Crippen LogP contribution in [0.2, 0.25) is 0 Å². The summed E-state index contributed by atoms with van der Waals surface area (Å²) in [6, 6.07) is 9.72. The molecular weight excluding hydrogens is 354 g/mol. The Balaban J connectivity index is 1.70. The largest absolute Gasteiger partial charge is 0.346 e. The van der Waals surface area contributed by atoms with Crippen LogP contribution < -0.4 is 15.9 Å². The van der Waals surface area contributed by atoms with Crippen LogP contribution in [0.15, 0.2) is 40.3 Å². The molecule has 5 nitrogen and oxygen atoms in total. The smallest absolute Gasteiger partial charge is 0.325 e. The minimum atomic E-state index is -0.0995. The number of nitrogens with one attached hydrogen (secondary N) is 2. The second kappa shape index (κ2) is 7.41. The van der Waals surface area contributed by atoms with Crippen LogP contribution >= 0.6 is 23.1 Å². The fourth-order valence-electron chi connectivity index (χ4n) is 2.51. The molecule has 0 aliphatic heterocycles. The van der Waals surface area contributed by atoms with Crippen molar-refractivity contribution in [1.82, 2.24) is 4.57 Å². The van der Waals surface area contributed by atoms with Crippen molar-refractivity contribution in [1.29, 1.82) is 0 Å². The number of hydrogen-bond donors (Lipinski definition) is 1. The maximum atomic E-state index is 12.4. The minimum Gasteiger partial charge on any atom is -0.325 e. The molecule has 0 aliphatic rings. The summed E-state index contributed by atoms with van der Waals surface area (Å²) in [4.78, 5) is 29.8. The maximum absolute atomic E-state index is 12.4. The standard InChI is InChI=1S/C18H19N3O2S2/c1-4-12-5-7-13(8-6-12)19-15(22)10-24-18-20-16-14(9-11(2)25-16)17(23)21(18)3/h5-9H,4,10H2,1-3H3,(H,19,22)/p+1. The molecule has 0 spiro atoms. The normalized spacial score (nSPS) is 11.0. The Morgan fingerprint density at radius 2 is 2.04 bits per heavy atom. The predicted molar refractivity (Wildman–Crippen MR) is 104 cm³/mol. The number of thioether (sulfide) groups is 1. The van der Waals surface area contributed by atoms with E-state index in [0.29, 0.717) is 10.5 Å². The number of aromatic amines is 1. The average Bonchev–Trinajstić information content (AvgIpc) is 2.98. The number of aryl methyl sites for hydroxylation is 2. The van der Waals surface area contributed by atoms with E-state index in [4.69, 9.17) is 0 Å². The second-order valence-corrected chi connectivity index (χ2v) is 8.00. The van der Waals surface area contributed by atoms with E-state index < -0.39 is 0 Å². The molecule has 0 bridgehead atoms. The van der Waals surface area contributed by atoms with Crippen LogP contribution in [0.4, 0.5) is 5.69 Å². The van der Waals surface area contributed by atoms with Crippen molar-refractivity contribution in [2.75, 3.05) is 11.1 Å². The number of nitrogens with zero attached hydrogens (tertiary/aromatic N) is 1. The number of aromatic nitrogens is 2. The SMILES string of the molecule is CCc1ccc(NC(=O)CSc2[nH+]c3sc(C)cc3c(=O)n2C)cc1. The van der Waals surface area contributed by atoms with Crippen molar-refractivity contribution in [3.63, 3.8) is 0 Å². The van der Waals surface area contributed by atoms with Gasteiger partial charge in [-0.2, -0.15) is 4.57 Å². The van der Waals surface area contributed by atoms with E-state index in [0.717, 1.165) is 21.8 Å². The van der Waals surface area contributed by atoms with Crippen molar-refractivity contribution in [2.45, 2.75) is 25.4 Å². The number of carbonyl (C=O) groups is 1. The molecule has 0 aliphatic carbocycles. The van der Waals surface area contributed by atoms with Crippen LogP contribution in [0, 0.1) is 6.92 Å². The van der Waals surface area contributed by atoms with Gasteiger partial charge in [0, 0.05) is 10.6 Å². The lowest BCUT2D eigenvalue weighted by atomic mass is 10.1. The van der Waals surface area contributed by atoms with Gasteiger partial charge in [0.05, 0.1) is 12.8 Å². The molecule has 2 heterocycles. The predicted octanol–water partition coefficient (Wildman–Crippen LogP) is 3.02. The van der Waals surface area contributed by atoms with E-state index in [-0.39, 0.29) is 17.2 Å². The first-order chi connectivity index (χ1) is 12.0. The van der Waals surface area contributed by atoms with E-state index in [1.54, 1.807) is 23.0 Å². The molecule has 7 heteroatoms. The van der Waals surface area contributed by atoms with Crippen LogP contribution in [-0.2, 0) is 18.3 Å². The van der Waals surface area contributed by atoms with Gasteiger partial charge in [-0.25, -0.2) is 9.78 Å². The Morgan fingerprint density at radius 1 is 1.32 bits per heavy atom. The van der Waals surface area contributed by atoms with Crippen molar-refractivity contribution in [2.24, 2.45) is 7.05 Å². The highest BCUT2D eigenvalue weighted by Crippen LogP contribution is 2.20. The first kappa shape index (κ1) is 17.7. The van der Waals surface area contributed by atoms with Gasteiger partial charge in [0.15, 0.2) is 4.83 Å². The van der Waals surface area contributed by atoms with Crippen molar-refractivity contribution in [3.8, 4) is 0 Å². The van der Waals surface area contributed by atoms with E-state index in [2.05, 4.69) is 17.2 Å². The highest BCUT2D eigenvalue weighted by Gasteiger charge is 2.18. The van der Waals surface area contributed by atoms with Gasteiger partial charge in [0.25, 0.3) is 0 Å². The lowest BCUT2D eigenvalue weighted by Crippen LogP contribution is -2.27. The van der Waals surface area contributed by atoms with Gasteiger partial charge in [-0.1, -0.05) is 30.4 Å². The number of anilines is 1. The molecule has 0 atom stereocenters. The van der Waals surface area contributed by atoms with Crippen molar-refractivity contribution >= 4 is 44.9 Å². The van der Waals surface area contributed by atoms with Crippen molar-refractivity contribution in [3.05, 3.63) is 51.1 Å². The van der Waals surface area contributed by atoms with Gasteiger partial charge in [0.1, 0.15) is 5.39 Å². The fourth-order valence-corrected chi connectivity index (χ4v) is 4.27. The molecule has 3 rings (SSSR count). The summed E-state index contributed by atoms with van der Waals surface area (Å²) in [7, 11) is 1.72. The van der Waals surface area contributed by atoms with Gasteiger partial charge >= 0.3 is 10.7 Å². The number of H-pyrrole nitrogens is 1. The Labute approximate surface area is 154 Å². The topological polar surface area (TPSA) is 65.2 Å². The first-order valence-corrected chi connectivity index (χ1v) is 9.82. The number of benzene rings is 1. The minimum absolute atomic E-state index is 0.0452. The Morgan fingerprint density at radius 3 is 2.72 bits per heavy atom. The van der Waals surface area contributed by atoms with E-state index >= 15 is 0 Å². The van der Waals surface area contributed by atoms with Crippen LogP contribution in [0.25, 0.3) is 10.2 Å². The first-order valence-electron chi connectivity index (χ1n) is 8.02. The monoisotopic (exact) mass is 374 g/mol. The Kier molecular flexibility index (Phi) is 5.24. The third-order valence-electron chi connectivity index (χ3n) is 3.90. The summed E-state index contributed by atoms with van der Waals surface area (Å²) in [5.74, 6) is 0.132. The third kappa shape index (κ3) is 3.93. The van der Waals surface area contributed by atoms with Gasteiger partial charge in [-0.15, -0.1) is 0 Å². The summed E-state index contributed by atoms with van der Waals surface area (Å²) in [5.41, 5.74) is 1.97. The number of fused-ring (bicyclic) bond motifs is 1. The number of amides is 1. The Hall–Kier alpha value is -2.12. The summed E-state index contributed by atoms with van der Waals surface area (Å²) in [6.07, 6.45) is 0.971. The number of carbonyl (C=O) groups excluding carboxylic acids is 1. The zero-order valence-electron chi connectivity index (χ0n) is 14.4. The van der Waals surface area contributed by atoms with Crippen LogP contribution in [0.1, 0.15) is 17.4 Å². The lowest BCUT2D eigenvalue weighted by Gasteiger charge is -2.05. The van der Waals surface area contributed by atoms with E-state index in [1.165, 1.54) is 17.3 Å². The van der Waals surface area contributed by atoms with E-state index in [1.807, 2.05) is 37.3 Å². The molecule has 130 valence electrons. The van der Waals surface area contributed by atoms with Gasteiger partial charge in [-0.3, -0.25) is 4.79 Å². The third-order valence-corrected chi connectivity index (χ3v) is 5.92. The molecule has 25 heavy (non-hydrogen) atoms. The highest BCUT2D eigenvalue weighted by molar-refractivity contribution is 7.99.